The van der Waals surface area contributed by atoms with E-state index in [0.29, 0.717) is 0 Å². The van der Waals surface area contributed by atoms with Crippen LogP contribution in [0.1, 0.15) is 24.3 Å². The lowest BCUT2D eigenvalue weighted by Gasteiger charge is -2.23. The molecule has 0 aromatic carbocycles. The second kappa shape index (κ2) is 4.21. The van der Waals surface area contributed by atoms with Crippen LogP contribution in [0.5, 0.6) is 0 Å². The Balaban J connectivity index is 2.79. The van der Waals surface area contributed by atoms with Gasteiger partial charge in [-0.25, -0.2) is 4.98 Å². The first-order valence-corrected chi connectivity index (χ1v) is 4.65. The highest BCUT2D eigenvalue weighted by atomic mass is 16.4. The minimum absolute atomic E-state index is 0.0724. The summed E-state index contributed by atoms with van der Waals surface area (Å²) in [6, 6.07) is 0. The third-order valence-electron chi connectivity index (χ3n) is 2.11. The molecule has 4 N–H and O–H groups in total. The van der Waals surface area contributed by atoms with Gasteiger partial charge in [-0.3, -0.25) is 4.79 Å². The van der Waals surface area contributed by atoms with Gasteiger partial charge in [0.15, 0.2) is 5.84 Å². The lowest BCUT2D eigenvalue weighted by molar-refractivity contribution is 0.0926. The maximum absolute atomic E-state index is 11.7. The van der Waals surface area contributed by atoms with Crippen LogP contribution in [0.2, 0.25) is 0 Å². The highest BCUT2D eigenvalue weighted by Gasteiger charge is 2.26. The molecule has 0 bridgehead atoms. The molecule has 1 heterocycles. The Labute approximate surface area is 93.0 Å². The smallest absolute Gasteiger partial charge is 0.272 e. The van der Waals surface area contributed by atoms with Gasteiger partial charge in [-0.05, 0) is 13.8 Å². The van der Waals surface area contributed by atoms with Gasteiger partial charge in [0.25, 0.3) is 5.91 Å². The van der Waals surface area contributed by atoms with Gasteiger partial charge in [0.05, 0.1) is 11.9 Å². The van der Waals surface area contributed by atoms with Crippen LogP contribution >= 0.6 is 0 Å². The molecule has 0 aliphatic rings. The number of amidine groups is 1. The summed E-state index contributed by atoms with van der Waals surface area (Å²) in [5.74, 6) is -0.450. The maximum atomic E-state index is 11.7. The number of amides is 1. The number of nitrogens with one attached hydrogen (secondary N) is 1. The molecule has 0 fully saturated rings. The number of imidazole rings is 1. The van der Waals surface area contributed by atoms with Crippen LogP contribution in [0.3, 0.4) is 0 Å². The van der Waals surface area contributed by atoms with Gasteiger partial charge in [0.2, 0.25) is 0 Å². The number of aromatic nitrogens is 2. The van der Waals surface area contributed by atoms with Crippen molar-refractivity contribution < 1.29 is 10.0 Å². The summed E-state index contributed by atoms with van der Waals surface area (Å²) in [4.78, 5) is 15.6. The first-order chi connectivity index (χ1) is 7.36. The highest BCUT2D eigenvalue weighted by molar-refractivity contribution is 5.98. The number of aryl methyl sites for hydroxylation is 1. The summed E-state index contributed by atoms with van der Waals surface area (Å²) < 4.78 is 1.66. The van der Waals surface area contributed by atoms with Crippen molar-refractivity contribution >= 4 is 11.7 Å². The van der Waals surface area contributed by atoms with Crippen molar-refractivity contribution in [1.29, 1.82) is 0 Å². The second-order valence-electron chi connectivity index (χ2n) is 3.99. The monoisotopic (exact) mass is 225 g/mol. The zero-order valence-electron chi connectivity index (χ0n) is 9.43. The predicted molar refractivity (Wildman–Crippen MR) is 58.2 cm³/mol. The SMILES string of the molecule is Cn1cnc(C(=O)NC(C)(C)C(N)=NO)c1. The Hall–Kier alpha value is -2.05. The fourth-order valence-electron chi connectivity index (χ4n) is 1.07. The summed E-state index contributed by atoms with van der Waals surface area (Å²) in [5.41, 5.74) is 4.79. The largest absolute Gasteiger partial charge is 0.409 e. The predicted octanol–water partition coefficient (Wildman–Crippen LogP) is -0.325. The average molecular weight is 225 g/mol. The zero-order chi connectivity index (χ0) is 12.3. The summed E-state index contributed by atoms with van der Waals surface area (Å²) >= 11 is 0. The quantitative estimate of drug-likeness (QED) is 0.283. The van der Waals surface area contributed by atoms with E-state index in [-0.39, 0.29) is 17.4 Å². The Morgan fingerprint density at radius 1 is 1.69 bits per heavy atom. The number of rotatable bonds is 3. The third kappa shape index (κ3) is 2.50. The molecule has 7 heteroatoms. The number of hydrogen-bond acceptors (Lipinski definition) is 4. The van der Waals surface area contributed by atoms with Crippen molar-refractivity contribution in [3.63, 3.8) is 0 Å². The molecule has 0 unspecified atom stereocenters. The Morgan fingerprint density at radius 3 is 2.75 bits per heavy atom. The van der Waals surface area contributed by atoms with Crippen molar-refractivity contribution in [1.82, 2.24) is 14.9 Å². The molecule has 0 atom stereocenters. The lowest BCUT2D eigenvalue weighted by atomic mass is 10.0. The van der Waals surface area contributed by atoms with Crippen LogP contribution in [0, 0.1) is 0 Å². The summed E-state index contributed by atoms with van der Waals surface area (Å²) in [5, 5.41) is 14.0. The van der Waals surface area contributed by atoms with Gasteiger partial charge in [0, 0.05) is 13.2 Å². The minimum Gasteiger partial charge on any atom is -0.409 e. The van der Waals surface area contributed by atoms with Crippen molar-refractivity contribution in [2.75, 3.05) is 0 Å². The number of carbonyl (C=O) groups is 1. The molecule has 16 heavy (non-hydrogen) atoms. The first-order valence-electron chi connectivity index (χ1n) is 4.65. The van der Waals surface area contributed by atoms with Crippen molar-refractivity contribution in [3.05, 3.63) is 18.2 Å². The summed E-state index contributed by atoms with van der Waals surface area (Å²) in [7, 11) is 1.76. The first kappa shape index (κ1) is 12.0. The fourth-order valence-corrected chi connectivity index (χ4v) is 1.07. The van der Waals surface area contributed by atoms with Crippen molar-refractivity contribution in [2.24, 2.45) is 17.9 Å². The fraction of sp³-hybridized carbons (Fsp3) is 0.444. The van der Waals surface area contributed by atoms with E-state index in [4.69, 9.17) is 10.9 Å². The normalized spacial score (nSPS) is 12.6. The van der Waals surface area contributed by atoms with Crippen LogP contribution in [0.4, 0.5) is 0 Å². The van der Waals surface area contributed by atoms with E-state index in [1.165, 1.54) is 6.33 Å². The topological polar surface area (TPSA) is 106 Å². The second-order valence-corrected chi connectivity index (χ2v) is 3.99. The van der Waals surface area contributed by atoms with Crippen LogP contribution in [-0.2, 0) is 7.05 Å². The molecule has 0 saturated carbocycles. The van der Waals surface area contributed by atoms with Gasteiger partial charge in [-0.1, -0.05) is 5.16 Å². The Morgan fingerprint density at radius 2 is 2.31 bits per heavy atom. The number of nitrogens with two attached hydrogens (primary N) is 1. The molecule has 0 radical (unpaired) electrons. The standard InChI is InChI=1S/C9H15N5O2/c1-9(2,8(10)13-16)12-7(15)6-4-14(3)5-11-6/h4-5,16H,1-3H3,(H2,10,13)(H,12,15). The number of oxime groups is 1. The molecule has 88 valence electrons. The molecule has 0 aliphatic carbocycles. The lowest BCUT2D eigenvalue weighted by Crippen LogP contribution is -2.53. The van der Waals surface area contributed by atoms with Gasteiger partial charge in [0.1, 0.15) is 5.69 Å². The molecule has 0 spiro atoms. The van der Waals surface area contributed by atoms with Gasteiger partial charge >= 0.3 is 0 Å². The van der Waals surface area contributed by atoms with Gasteiger partial charge in [-0.15, -0.1) is 0 Å². The van der Waals surface area contributed by atoms with E-state index in [0.717, 1.165) is 0 Å². The molecule has 7 nitrogen and oxygen atoms in total. The molecular weight excluding hydrogens is 210 g/mol. The molecule has 0 aliphatic heterocycles. The van der Waals surface area contributed by atoms with Crippen LogP contribution in [-0.4, -0.2) is 32.0 Å². The maximum Gasteiger partial charge on any atom is 0.272 e. The van der Waals surface area contributed by atoms with Gasteiger partial charge < -0.3 is 20.8 Å². The van der Waals surface area contributed by atoms with E-state index < -0.39 is 5.54 Å². The molecule has 1 rings (SSSR count). The van der Waals surface area contributed by atoms with Crippen LogP contribution in [0.15, 0.2) is 17.7 Å². The molecular formula is C9H15N5O2. The highest BCUT2D eigenvalue weighted by Crippen LogP contribution is 2.04. The molecule has 0 saturated heterocycles. The Kier molecular flexibility index (Phi) is 3.17. The zero-order valence-corrected chi connectivity index (χ0v) is 9.43. The van der Waals surface area contributed by atoms with Crippen LogP contribution in [0.25, 0.3) is 0 Å². The van der Waals surface area contributed by atoms with Crippen LogP contribution < -0.4 is 11.1 Å². The van der Waals surface area contributed by atoms with Crippen molar-refractivity contribution in [3.8, 4) is 0 Å². The Bertz CT molecular complexity index is 421. The number of carbonyl (C=O) groups excluding carboxylic acids is 1. The van der Waals surface area contributed by atoms with Crippen molar-refractivity contribution in [2.45, 2.75) is 19.4 Å². The van der Waals surface area contributed by atoms with E-state index in [9.17, 15) is 4.79 Å². The third-order valence-corrected chi connectivity index (χ3v) is 2.11. The number of hydrogen-bond donors (Lipinski definition) is 3. The molecule has 1 aromatic heterocycles. The van der Waals surface area contributed by atoms with E-state index in [1.54, 1.807) is 31.7 Å². The minimum atomic E-state index is -0.927. The van der Waals surface area contributed by atoms with Gasteiger partial charge in [-0.2, -0.15) is 0 Å². The van der Waals surface area contributed by atoms with E-state index in [1.807, 2.05) is 0 Å². The summed E-state index contributed by atoms with van der Waals surface area (Å²) in [6.45, 7) is 3.26. The average Bonchev–Trinajstić information content (AvgIpc) is 2.63. The molecule has 1 aromatic rings. The number of nitrogens with zero attached hydrogens (tertiary/aromatic N) is 3. The molecule has 1 amide bonds. The van der Waals surface area contributed by atoms with E-state index in [2.05, 4.69) is 15.5 Å². The van der Waals surface area contributed by atoms with E-state index >= 15 is 0 Å². The summed E-state index contributed by atoms with van der Waals surface area (Å²) in [6.07, 6.45) is 3.10.